The topological polar surface area (TPSA) is 108 Å². The second-order valence-electron chi connectivity index (χ2n) is 19.9. The number of amides is 1. The molecule has 0 rings (SSSR count). The lowest BCUT2D eigenvalue weighted by molar-refractivity contribution is -0.870. The highest BCUT2D eigenvalue weighted by molar-refractivity contribution is 7.45. The molecule has 0 saturated carbocycles. The van der Waals surface area contributed by atoms with Crippen molar-refractivity contribution in [2.75, 3.05) is 40.9 Å². The molecule has 62 heavy (non-hydrogen) atoms. The summed E-state index contributed by atoms with van der Waals surface area (Å²) in [6.07, 6.45) is 54.1. The number of nitrogens with one attached hydrogen (secondary N) is 1. The number of phosphoric acid groups is 1. The van der Waals surface area contributed by atoms with Crippen LogP contribution in [0.2, 0.25) is 0 Å². The van der Waals surface area contributed by atoms with E-state index in [1.165, 1.54) is 212 Å². The van der Waals surface area contributed by atoms with Crippen molar-refractivity contribution in [2.45, 2.75) is 283 Å². The van der Waals surface area contributed by atoms with Crippen molar-refractivity contribution in [3.8, 4) is 0 Å². The molecule has 8 nitrogen and oxygen atoms in total. The van der Waals surface area contributed by atoms with Crippen LogP contribution in [0, 0.1) is 0 Å². The summed E-state index contributed by atoms with van der Waals surface area (Å²) in [4.78, 5) is 25.4. The Morgan fingerprint density at radius 1 is 0.548 bits per heavy atom. The number of aliphatic hydroxyl groups excluding tert-OH is 1. The summed E-state index contributed by atoms with van der Waals surface area (Å²) in [5.74, 6) is -0.191. The van der Waals surface area contributed by atoms with Crippen LogP contribution in [0.3, 0.4) is 0 Å². The zero-order chi connectivity index (χ0) is 45.7. The first-order chi connectivity index (χ1) is 30.0. The number of quaternary nitrogens is 1. The molecule has 0 saturated heterocycles. The van der Waals surface area contributed by atoms with E-state index in [1.807, 2.05) is 27.2 Å². The molecule has 0 heterocycles. The second kappa shape index (κ2) is 45.4. The smallest absolute Gasteiger partial charge is 0.268 e. The monoisotopic (exact) mass is 899 g/mol. The largest absolute Gasteiger partial charge is 0.756 e. The van der Waals surface area contributed by atoms with Gasteiger partial charge in [-0.05, 0) is 19.3 Å². The van der Waals surface area contributed by atoms with E-state index in [4.69, 9.17) is 9.05 Å². The standard InChI is InChI=1S/C53H107N2O6P/c1-6-8-10-12-14-16-18-20-22-24-26-27-29-31-33-35-37-39-41-43-45-47-53(57)54-51(50-61-62(58,59)60-49-48-55(3,4)5)52(56)46-44-42-40-38-36-34-32-30-28-25-23-21-19-17-15-13-11-9-7-2/h44,46,51-52,56H,6-43,45,47-50H2,1-5H3,(H-,54,57,58,59)/b46-44+. The van der Waals surface area contributed by atoms with Crippen LogP contribution in [0.4, 0.5) is 0 Å². The maximum atomic E-state index is 12.9. The van der Waals surface area contributed by atoms with Crippen molar-refractivity contribution in [3.63, 3.8) is 0 Å². The minimum absolute atomic E-state index is 0.00257. The number of rotatable bonds is 50. The molecule has 0 aliphatic carbocycles. The van der Waals surface area contributed by atoms with Gasteiger partial charge in [-0.2, -0.15) is 0 Å². The molecule has 0 radical (unpaired) electrons. The molecule has 0 aromatic rings. The van der Waals surface area contributed by atoms with Gasteiger partial charge >= 0.3 is 0 Å². The summed E-state index contributed by atoms with van der Waals surface area (Å²) in [7, 11) is 1.28. The lowest BCUT2D eigenvalue weighted by atomic mass is 10.0. The fourth-order valence-electron chi connectivity index (χ4n) is 8.21. The minimum atomic E-state index is -4.59. The van der Waals surface area contributed by atoms with E-state index >= 15 is 0 Å². The summed E-state index contributed by atoms with van der Waals surface area (Å²) in [5, 5.41) is 13.9. The molecule has 0 aliphatic rings. The molecule has 0 spiro atoms. The van der Waals surface area contributed by atoms with E-state index in [0.717, 1.165) is 38.5 Å². The van der Waals surface area contributed by atoms with Crippen molar-refractivity contribution in [2.24, 2.45) is 0 Å². The second-order valence-corrected chi connectivity index (χ2v) is 21.4. The SMILES string of the molecule is CCCCCCCCCCCCCCCCCCC/C=C/C(O)C(COP(=O)([O-])OCC[N+](C)(C)C)NC(=O)CCCCCCCCCCCCCCCCCCCCCCC. The van der Waals surface area contributed by atoms with Gasteiger partial charge in [0.25, 0.3) is 7.82 Å². The average Bonchev–Trinajstić information content (AvgIpc) is 3.23. The number of aliphatic hydroxyl groups is 1. The van der Waals surface area contributed by atoms with Gasteiger partial charge in [0.2, 0.25) is 5.91 Å². The molecule has 2 N–H and O–H groups in total. The summed E-state index contributed by atoms with van der Waals surface area (Å²) in [6, 6.07) is -0.881. The average molecular weight is 899 g/mol. The first-order valence-corrected chi connectivity index (χ1v) is 28.5. The summed E-state index contributed by atoms with van der Waals surface area (Å²) in [6.45, 7) is 4.69. The Bertz CT molecular complexity index is 1020. The predicted molar refractivity (Wildman–Crippen MR) is 266 cm³/mol. The fourth-order valence-corrected chi connectivity index (χ4v) is 8.94. The lowest BCUT2D eigenvalue weighted by Gasteiger charge is -2.29. The quantitative estimate of drug-likeness (QED) is 0.0272. The van der Waals surface area contributed by atoms with Crippen molar-refractivity contribution in [1.29, 1.82) is 0 Å². The number of unbranched alkanes of at least 4 members (excludes halogenated alkanes) is 37. The predicted octanol–water partition coefficient (Wildman–Crippen LogP) is 15.2. The Morgan fingerprint density at radius 3 is 1.21 bits per heavy atom. The van der Waals surface area contributed by atoms with Crippen LogP contribution in [0.1, 0.15) is 271 Å². The molecule has 1 amide bonds. The highest BCUT2D eigenvalue weighted by Gasteiger charge is 2.23. The Balaban J connectivity index is 4.24. The molecule has 3 unspecified atom stereocenters. The van der Waals surface area contributed by atoms with E-state index in [9.17, 15) is 19.4 Å². The molecule has 0 aliphatic heterocycles. The van der Waals surface area contributed by atoms with E-state index < -0.39 is 20.0 Å². The third-order valence-corrected chi connectivity index (χ3v) is 13.5. The Kier molecular flexibility index (Phi) is 44.8. The van der Waals surface area contributed by atoms with Gasteiger partial charge in [0.15, 0.2) is 0 Å². The van der Waals surface area contributed by atoms with Gasteiger partial charge in [0.1, 0.15) is 13.2 Å². The van der Waals surface area contributed by atoms with Gasteiger partial charge in [-0.15, -0.1) is 0 Å². The van der Waals surface area contributed by atoms with Crippen LogP contribution in [0.5, 0.6) is 0 Å². The van der Waals surface area contributed by atoms with Gasteiger partial charge in [0, 0.05) is 6.42 Å². The Hall–Kier alpha value is -0.760. The first-order valence-electron chi connectivity index (χ1n) is 27.1. The molecule has 3 atom stereocenters. The number of phosphoric ester groups is 1. The third-order valence-electron chi connectivity index (χ3n) is 12.5. The summed E-state index contributed by atoms with van der Waals surface area (Å²) < 4.78 is 23.3. The molecule has 0 aromatic carbocycles. The first kappa shape index (κ1) is 61.2. The van der Waals surface area contributed by atoms with Crippen LogP contribution < -0.4 is 10.2 Å². The van der Waals surface area contributed by atoms with Crippen molar-refractivity contribution in [1.82, 2.24) is 5.32 Å². The van der Waals surface area contributed by atoms with E-state index in [2.05, 4.69) is 19.2 Å². The highest BCUT2D eigenvalue weighted by Crippen LogP contribution is 2.38. The van der Waals surface area contributed by atoms with Crippen LogP contribution in [-0.4, -0.2) is 68.5 Å². The molecule has 370 valence electrons. The summed E-state index contributed by atoms with van der Waals surface area (Å²) >= 11 is 0. The van der Waals surface area contributed by atoms with Crippen molar-refractivity contribution in [3.05, 3.63) is 12.2 Å². The Morgan fingerprint density at radius 2 is 0.871 bits per heavy atom. The zero-order valence-corrected chi connectivity index (χ0v) is 43.0. The van der Waals surface area contributed by atoms with Gasteiger partial charge in [-0.1, -0.05) is 257 Å². The van der Waals surface area contributed by atoms with Gasteiger partial charge in [0.05, 0.1) is 39.9 Å². The van der Waals surface area contributed by atoms with Crippen LogP contribution >= 0.6 is 7.82 Å². The van der Waals surface area contributed by atoms with Crippen LogP contribution in [-0.2, 0) is 18.4 Å². The van der Waals surface area contributed by atoms with Crippen LogP contribution in [0.25, 0.3) is 0 Å². The normalized spacial score (nSPS) is 14.1. The minimum Gasteiger partial charge on any atom is -0.756 e. The molecular formula is C53H107N2O6P. The highest BCUT2D eigenvalue weighted by atomic mass is 31.2. The fraction of sp³-hybridized carbons (Fsp3) is 0.943. The number of nitrogens with zero attached hydrogens (tertiary/aromatic N) is 1. The van der Waals surface area contributed by atoms with Gasteiger partial charge in [-0.25, -0.2) is 0 Å². The van der Waals surface area contributed by atoms with Crippen molar-refractivity contribution < 1.29 is 32.9 Å². The number of carbonyl (C=O) groups excluding carboxylic acids is 1. The third kappa shape index (κ3) is 47.2. The van der Waals surface area contributed by atoms with Crippen molar-refractivity contribution >= 4 is 13.7 Å². The maximum Gasteiger partial charge on any atom is 0.268 e. The number of hydrogen-bond donors (Lipinski definition) is 2. The van der Waals surface area contributed by atoms with E-state index in [1.54, 1.807) is 6.08 Å². The number of allylic oxidation sites excluding steroid dienone is 1. The summed E-state index contributed by atoms with van der Waals surface area (Å²) in [5.41, 5.74) is 0. The molecular weight excluding hydrogens is 792 g/mol. The number of hydrogen-bond acceptors (Lipinski definition) is 6. The number of carbonyl (C=O) groups is 1. The molecule has 9 heteroatoms. The van der Waals surface area contributed by atoms with Crippen LogP contribution in [0.15, 0.2) is 12.2 Å². The maximum absolute atomic E-state index is 12.9. The van der Waals surface area contributed by atoms with Gasteiger partial charge in [-0.3, -0.25) is 9.36 Å². The Labute approximate surface area is 386 Å². The van der Waals surface area contributed by atoms with E-state index in [0.29, 0.717) is 17.4 Å². The van der Waals surface area contributed by atoms with E-state index in [-0.39, 0.29) is 19.1 Å². The lowest BCUT2D eigenvalue weighted by Crippen LogP contribution is -2.45. The molecule has 0 fully saturated rings. The zero-order valence-electron chi connectivity index (χ0n) is 42.1. The van der Waals surface area contributed by atoms with Gasteiger partial charge < -0.3 is 28.8 Å². The molecule has 0 aromatic heterocycles. The molecule has 0 bridgehead atoms. The number of likely N-dealkylation sites (N-methyl/N-ethyl adjacent to an activating group) is 1.